The standard InChI is InChI=1S/C19H19N3O/c1-14-12-13-20-22(14)15(2)19(23)21-18-10-8-17(9-11-18)16-6-4-3-5-7-16/h3-13,15H,1-2H3,(H,21,23). The SMILES string of the molecule is Cc1ccnn1C(C)C(=O)Nc1ccc(-c2ccccc2)cc1. The molecule has 23 heavy (non-hydrogen) atoms. The maximum Gasteiger partial charge on any atom is 0.248 e. The van der Waals surface area contributed by atoms with Crippen molar-refractivity contribution < 1.29 is 4.79 Å². The van der Waals surface area contributed by atoms with E-state index in [-0.39, 0.29) is 11.9 Å². The van der Waals surface area contributed by atoms with Gasteiger partial charge in [-0.3, -0.25) is 9.48 Å². The van der Waals surface area contributed by atoms with E-state index >= 15 is 0 Å². The van der Waals surface area contributed by atoms with Crippen LogP contribution >= 0.6 is 0 Å². The number of benzene rings is 2. The average Bonchev–Trinajstić information content (AvgIpc) is 3.01. The van der Waals surface area contributed by atoms with Gasteiger partial charge in [-0.25, -0.2) is 0 Å². The highest BCUT2D eigenvalue weighted by atomic mass is 16.2. The molecule has 0 aliphatic heterocycles. The zero-order valence-electron chi connectivity index (χ0n) is 13.2. The molecule has 0 fully saturated rings. The summed E-state index contributed by atoms with van der Waals surface area (Å²) in [6.07, 6.45) is 1.70. The first kappa shape index (κ1) is 15.0. The van der Waals surface area contributed by atoms with Crippen molar-refractivity contribution in [2.75, 3.05) is 5.32 Å². The van der Waals surface area contributed by atoms with Gasteiger partial charge in [-0.05, 0) is 43.2 Å². The molecule has 4 nitrogen and oxygen atoms in total. The Morgan fingerprint density at radius 3 is 2.26 bits per heavy atom. The second-order valence-electron chi connectivity index (χ2n) is 5.53. The minimum Gasteiger partial charge on any atom is -0.324 e. The third-order valence-corrected chi connectivity index (χ3v) is 3.87. The van der Waals surface area contributed by atoms with Crippen molar-refractivity contribution >= 4 is 11.6 Å². The molecule has 1 heterocycles. The number of hydrogen-bond acceptors (Lipinski definition) is 2. The Morgan fingerprint density at radius 2 is 1.65 bits per heavy atom. The largest absolute Gasteiger partial charge is 0.324 e. The lowest BCUT2D eigenvalue weighted by atomic mass is 10.1. The van der Waals surface area contributed by atoms with E-state index in [1.807, 2.05) is 62.4 Å². The van der Waals surface area contributed by atoms with Gasteiger partial charge in [0, 0.05) is 17.6 Å². The van der Waals surface area contributed by atoms with Crippen LogP contribution in [0.25, 0.3) is 11.1 Å². The minimum atomic E-state index is -0.348. The number of hydrogen-bond donors (Lipinski definition) is 1. The number of carbonyl (C=O) groups is 1. The van der Waals surface area contributed by atoms with Crippen LogP contribution in [0.5, 0.6) is 0 Å². The van der Waals surface area contributed by atoms with E-state index in [0.717, 1.165) is 22.5 Å². The van der Waals surface area contributed by atoms with Gasteiger partial charge in [0.1, 0.15) is 6.04 Å². The maximum atomic E-state index is 12.3. The number of carbonyl (C=O) groups excluding carboxylic acids is 1. The molecule has 1 N–H and O–H groups in total. The Kier molecular flexibility index (Phi) is 4.24. The van der Waals surface area contributed by atoms with Crippen LogP contribution < -0.4 is 5.32 Å². The van der Waals surface area contributed by atoms with Crippen molar-refractivity contribution in [3.8, 4) is 11.1 Å². The summed E-state index contributed by atoms with van der Waals surface area (Å²) in [5.74, 6) is -0.0794. The first-order valence-electron chi connectivity index (χ1n) is 7.61. The summed E-state index contributed by atoms with van der Waals surface area (Å²) in [5.41, 5.74) is 4.03. The minimum absolute atomic E-state index is 0.0794. The van der Waals surface area contributed by atoms with Crippen molar-refractivity contribution in [2.45, 2.75) is 19.9 Å². The van der Waals surface area contributed by atoms with Crippen LogP contribution in [-0.2, 0) is 4.79 Å². The van der Waals surface area contributed by atoms with Crippen molar-refractivity contribution in [1.82, 2.24) is 9.78 Å². The molecule has 0 saturated carbocycles. The fourth-order valence-electron chi connectivity index (χ4n) is 2.52. The second-order valence-corrected chi connectivity index (χ2v) is 5.53. The molecule has 1 unspecified atom stereocenters. The Morgan fingerprint density at radius 1 is 1.00 bits per heavy atom. The molecule has 116 valence electrons. The molecule has 0 aliphatic rings. The predicted octanol–water partition coefficient (Wildman–Crippen LogP) is 4.06. The van der Waals surface area contributed by atoms with E-state index in [9.17, 15) is 4.79 Å². The highest BCUT2D eigenvalue weighted by molar-refractivity contribution is 5.93. The summed E-state index contributed by atoms with van der Waals surface area (Å²) in [6.45, 7) is 3.78. The van der Waals surface area contributed by atoms with Crippen LogP contribution in [0.3, 0.4) is 0 Å². The van der Waals surface area contributed by atoms with Crippen LogP contribution in [0, 0.1) is 6.92 Å². The van der Waals surface area contributed by atoms with Crippen LogP contribution in [0.1, 0.15) is 18.7 Å². The van der Waals surface area contributed by atoms with Gasteiger partial charge >= 0.3 is 0 Å². The summed E-state index contributed by atoms with van der Waals surface area (Å²) in [7, 11) is 0. The fourth-order valence-corrected chi connectivity index (χ4v) is 2.52. The lowest BCUT2D eigenvalue weighted by molar-refractivity contribution is -0.119. The molecule has 1 amide bonds. The molecule has 0 saturated heterocycles. The molecule has 0 spiro atoms. The van der Waals surface area contributed by atoms with Crippen molar-refractivity contribution in [1.29, 1.82) is 0 Å². The van der Waals surface area contributed by atoms with Crippen LogP contribution in [0.2, 0.25) is 0 Å². The zero-order valence-corrected chi connectivity index (χ0v) is 13.2. The number of nitrogens with one attached hydrogen (secondary N) is 1. The number of rotatable bonds is 4. The van der Waals surface area contributed by atoms with E-state index in [4.69, 9.17) is 0 Å². The molecule has 4 heteroatoms. The first-order valence-corrected chi connectivity index (χ1v) is 7.61. The van der Waals surface area contributed by atoms with Gasteiger partial charge < -0.3 is 5.32 Å². The molecule has 2 aromatic carbocycles. The molecular formula is C19H19N3O. The molecule has 0 bridgehead atoms. The van der Waals surface area contributed by atoms with Gasteiger partial charge in [-0.1, -0.05) is 42.5 Å². The number of aryl methyl sites for hydroxylation is 1. The quantitative estimate of drug-likeness (QED) is 0.790. The van der Waals surface area contributed by atoms with Crippen LogP contribution in [0.4, 0.5) is 5.69 Å². The number of nitrogens with zero attached hydrogens (tertiary/aromatic N) is 2. The summed E-state index contributed by atoms with van der Waals surface area (Å²) >= 11 is 0. The lowest BCUT2D eigenvalue weighted by Gasteiger charge is -2.14. The van der Waals surface area contributed by atoms with Gasteiger partial charge in [0.15, 0.2) is 0 Å². The topological polar surface area (TPSA) is 46.9 Å². The Labute approximate surface area is 135 Å². The average molecular weight is 305 g/mol. The van der Waals surface area contributed by atoms with Gasteiger partial charge in [-0.2, -0.15) is 5.10 Å². The molecule has 1 aromatic heterocycles. The van der Waals surface area contributed by atoms with E-state index in [1.54, 1.807) is 10.9 Å². The van der Waals surface area contributed by atoms with Crippen LogP contribution in [-0.4, -0.2) is 15.7 Å². The van der Waals surface area contributed by atoms with Crippen molar-refractivity contribution in [2.24, 2.45) is 0 Å². The third-order valence-electron chi connectivity index (χ3n) is 3.87. The number of anilines is 1. The van der Waals surface area contributed by atoms with Gasteiger partial charge in [-0.15, -0.1) is 0 Å². The van der Waals surface area contributed by atoms with E-state index in [0.29, 0.717) is 0 Å². The smallest absolute Gasteiger partial charge is 0.248 e. The predicted molar refractivity (Wildman–Crippen MR) is 92.2 cm³/mol. The molecule has 3 aromatic rings. The summed E-state index contributed by atoms with van der Waals surface area (Å²) < 4.78 is 1.72. The van der Waals surface area contributed by atoms with E-state index in [1.165, 1.54) is 0 Å². The number of aromatic nitrogens is 2. The molecule has 0 radical (unpaired) electrons. The van der Waals surface area contributed by atoms with Gasteiger partial charge in [0.05, 0.1) is 0 Å². The third kappa shape index (κ3) is 3.31. The Hall–Kier alpha value is -2.88. The second kappa shape index (κ2) is 6.48. The molecular weight excluding hydrogens is 286 g/mol. The lowest BCUT2D eigenvalue weighted by Crippen LogP contribution is -2.25. The zero-order chi connectivity index (χ0) is 16.2. The molecule has 0 aliphatic carbocycles. The summed E-state index contributed by atoms with van der Waals surface area (Å²) in [5, 5.41) is 7.12. The highest BCUT2D eigenvalue weighted by Crippen LogP contribution is 2.21. The first-order chi connectivity index (χ1) is 11.1. The van der Waals surface area contributed by atoms with Crippen molar-refractivity contribution in [3.05, 3.63) is 72.6 Å². The Bertz CT molecular complexity index is 791. The monoisotopic (exact) mass is 305 g/mol. The van der Waals surface area contributed by atoms with Gasteiger partial charge in [0.2, 0.25) is 5.91 Å². The summed E-state index contributed by atoms with van der Waals surface area (Å²) in [4.78, 5) is 12.3. The summed E-state index contributed by atoms with van der Waals surface area (Å²) in [6, 6.07) is 19.5. The fraction of sp³-hybridized carbons (Fsp3) is 0.158. The van der Waals surface area contributed by atoms with E-state index < -0.39 is 0 Å². The normalized spacial score (nSPS) is 11.9. The Balaban J connectivity index is 1.71. The molecule has 1 atom stereocenters. The van der Waals surface area contributed by atoms with Gasteiger partial charge in [0.25, 0.3) is 0 Å². The molecule has 3 rings (SSSR count). The van der Waals surface area contributed by atoms with Crippen LogP contribution in [0.15, 0.2) is 66.9 Å². The number of amides is 1. The van der Waals surface area contributed by atoms with Crippen molar-refractivity contribution in [3.63, 3.8) is 0 Å². The maximum absolute atomic E-state index is 12.3. The highest BCUT2D eigenvalue weighted by Gasteiger charge is 2.16. The van der Waals surface area contributed by atoms with E-state index in [2.05, 4.69) is 22.5 Å².